The van der Waals surface area contributed by atoms with Gasteiger partial charge in [-0.3, -0.25) is 0 Å². The van der Waals surface area contributed by atoms with Crippen LogP contribution in [0, 0.1) is 5.82 Å². The molecule has 1 atom stereocenters. The Kier molecular flexibility index (Phi) is 5.30. The molecule has 0 heterocycles. The van der Waals surface area contributed by atoms with Gasteiger partial charge in [0.2, 0.25) is 0 Å². The van der Waals surface area contributed by atoms with Crippen molar-refractivity contribution in [2.45, 2.75) is 19.9 Å². The van der Waals surface area contributed by atoms with E-state index in [-0.39, 0.29) is 11.9 Å². The predicted molar refractivity (Wildman–Crippen MR) is 72.8 cm³/mol. The van der Waals surface area contributed by atoms with Gasteiger partial charge in [-0.05, 0) is 46.1 Å². The van der Waals surface area contributed by atoms with Crippen LogP contribution in [0.4, 0.5) is 9.18 Å². The summed E-state index contributed by atoms with van der Waals surface area (Å²) in [7, 11) is 5.39. The van der Waals surface area contributed by atoms with Crippen molar-refractivity contribution >= 4 is 6.09 Å². The first-order valence-corrected chi connectivity index (χ1v) is 6.25. The quantitative estimate of drug-likeness (QED) is 0.841. The van der Waals surface area contributed by atoms with E-state index in [1.54, 1.807) is 13.1 Å². The number of halogens is 1. The number of ether oxygens (including phenoxy) is 1. The fraction of sp³-hybridized carbons (Fsp3) is 0.500. The molecular formula is C14H21FN2O2. The van der Waals surface area contributed by atoms with Gasteiger partial charge in [0.25, 0.3) is 0 Å². The first-order valence-electron chi connectivity index (χ1n) is 6.25. The largest absolute Gasteiger partial charge is 0.414 e. The van der Waals surface area contributed by atoms with E-state index >= 15 is 0 Å². The van der Waals surface area contributed by atoms with E-state index in [1.165, 1.54) is 17.0 Å². The highest BCUT2D eigenvalue weighted by atomic mass is 19.1. The van der Waals surface area contributed by atoms with Crippen LogP contribution in [0.15, 0.2) is 18.2 Å². The smallest absolute Gasteiger partial charge is 0.410 e. The molecule has 0 saturated carbocycles. The molecule has 1 aromatic carbocycles. The number of hydrogen-bond donors (Lipinski definition) is 0. The Morgan fingerprint density at radius 1 is 1.37 bits per heavy atom. The summed E-state index contributed by atoms with van der Waals surface area (Å²) >= 11 is 0. The lowest BCUT2D eigenvalue weighted by atomic mass is 10.1. The minimum Gasteiger partial charge on any atom is -0.410 e. The summed E-state index contributed by atoms with van der Waals surface area (Å²) in [6, 6.07) is 4.26. The summed E-state index contributed by atoms with van der Waals surface area (Å²) < 4.78 is 19.0. The van der Waals surface area contributed by atoms with Crippen molar-refractivity contribution < 1.29 is 13.9 Å². The third kappa shape index (κ3) is 3.92. The lowest BCUT2D eigenvalue weighted by molar-refractivity contribution is 0.165. The van der Waals surface area contributed by atoms with Crippen molar-refractivity contribution in [3.05, 3.63) is 29.6 Å². The molecule has 0 fully saturated rings. The van der Waals surface area contributed by atoms with Gasteiger partial charge in [-0.2, -0.15) is 0 Å². The highest BCUT2D eigenvalue weighted by Gasteiger charge is 2.16. The molecule has 0 N–H and O–H groups in total. The second kappa shape index (κ2) is 6.52. The van der Waals surface area contributed by atoms with E-state index in [4.69, 9.17) is 4.74 Å². The highest BCUT2D eigenvalue weighted by Crippen LogP contribution is 2.25. The first kappa shape index (κ1) is 15.4. The molecule has 19 heavy (non-hydrogen) atoms. The molecule has 5 heteroatoms. The Morgan fingerprint density at radius 3 is 2.53 bits per heavy atom. The normalized spacial score (nSPS) is 12.4. The van der Waals surface area contributed by atoms with E-state index in [1.807, 2.05) is 32.8 Å². The maximum absolute atomic E-state index is 13.8. The number of benzene rings is 1. The van der Waals surface area contributed by atoms with Crippen LogP contribution in [0.1, 0.15) is 25.5 Å². The van der Waals surface area contributed by atoms with Gasteiger partial charge in [-0.1, -0.05) is 0 Å². The molecule has 0 aliphatic rings. The Morgan fingerprint density at radius 2 is 2.00 bits per heavy atom. The van der Waals surface area contributed by atoms with E-state index in [2.05, 4.69) is 0 Å². The maximum Gasteiger partial charge on any atom is 0.414 e. The van der Waals surface area contributed by atoms with Gasteiger partial charge < -0.3 is 14.5 Å². The summed E-state index contributed by atoms with van der Waals surface area (Å²) in [5.41, 5.74) is 0.509. The lowest BCUT2D eigenvalue weighted by Crippen LogP contribution is -2.29. The van der Waals surface area contributed by atoms with Gasteiger partial charge in [-0.25, -0.2) is 9.18 Å². The van der Waals surface area contributed by atoms with E-state index < -0.39 is 6.09 Å². The summed E-state index contributed by atoms with van der Waals surface area (Å²) in [4.78, 5) is 15.0. The number of hydrogen-bond acceptors (Lipinski definition) is 3. The maximum atomic E-state index is 13.8. The fourth-order valence-corrected chi connectivity index (χ4v) is 1.49. The Bertz CT molecular complexity index is 449. The van der Waals surface area contributed by atoms with Crippen LogP contribution in [0.5, 0.6) is 5.75 Å². The molecular weight excluding hydrogens is 247 g/mol. The topological polar surface area (TPSA) is 32.8 Å². The zero-order chi connectivity index (χ0) is 14.6. The number of amides is 1. The van der Waals surface area contributed by atoms with Crippen LogP contribution in [-0.2, 0) is 0 Å². The van der Waals surface area contributed by atoms with Crippen LogP contribution in [0.25, 0.3) is 0 Å². The zero-order valence-electron chi connectivity index (χ0n) is 12.1. The van der Waals surface area contributed by atoms with Crippen molar-refractivity contribution in [3.8, 4) is 5.75 Å². The van der Waals surface area contributed by atoms with Gasteiger partial charge in [0.05, 0.1) is 0 Å². The van der Waals surface area contributed by atoms with E-state index in [0.717, 1.165) is 0 Å². The summed E-state index contributed by atoms with van der Waals surface area (Å²) in [5, 5.41) is 0. The van der Waals surface area contributed by atoms with Crippen LogP contribution >= 0.6 is 0 Å². The van der Waals surface area contributed by atoms with Gasteiger partial charge >= 0.3 is 6.09 Å². The third-order valence-corrected chi connectivity index (χ3v) is 3.18. The highest BCUT2D eigenvalue weighted by molar-refractivity contribution is 5.70. The number of rotatable bonds is 4. The molecule has 0 aliphatic carbocycles. The number of carbonyl (C=O) groups is 1. The fourth-order valence-electron chi connectivity index (χ4n) is 1.49. The standard InChI is InChI=1S/C14H21FN2O2/c1-6-17(5)14(18)19-11-7-8-13(15)12(9-11)10(2)16(3)4/h7-10H,6H2,1-5H3/t10-/m0/s1. The Hall–Kier alpha value is -1.62. The zero-order valence-corrected chi connectivity index (χ0v) is 12.1. The molecule has 0 radical (unpaired) electrons. The van der Waals surface area contributed by atoms with Crippen LogP contribution < -0.4 is 4.74 Å². The second-order valence-corrected chi connectivity index (χ2v) is 4.71. The van der Waals surface area contributed by atoms with Gasteiger partial charge in [-0.15, -0.1) is 0 Å². The average Bonchev–Trinajstić information content (AvgIpc) is 2.38. The van der Waals surface area contributed by atoms with Crippen LogP contribution in [-0.4, -0.2) is 43.6 Å². The summed E-state index contributed by atoms with van der Waals surface area (Å²) in [6.07, 6.45) is -0.447. The van der Waals surface area contributed by atoms with Crippen molar-refractivity contribution in [3.63, 3.8) is 0 Å². The molecule has 4 nitrogen and oxygen atoms in total. The number of carbonyl (C=O) groups excluding carboxylic acids is 1. The first-order chi connectivity index (χ1) is 8.86. The van der Waals surface area contributed by atoms with Crippen molar-refractivity contribution in [2.75, 3.05) is 27.7 Å². The molecule has 106 valence electrons. The van der Waals surface area contributed by atoms with Crippen LogP contribution in [0.3, 0.4) is 0 Å². The molecule has 1 amide bonds. The van der Waals surface area contributed by atoms with E-state index in [9.17, 15) is 9.18 Å². The molecule has 0 aliphatic heterocycles. The van der Waals surface area contributed by atoms with Gasteiger partial charge in [0, 0.05) is 25.2 Å². The van der Waals surface area contributed by atoms with Gasteiger partial charge in [0.1, 0.15) is 11.6 Å². The summed E-state index contributed by atoms with van der Waals surface area (Å²) in [6.45, 7) is 4.30. The minimum atomic E-state index is -0.447. The molecule has 1 aromatic rings. The van der Waals surface area contributed by atoms with Crippen molar-refractivity contribution in [1.29, 1.82) is 0 Å². The second-order valence-electron chi connectivity index (χ2n) is 4.71. The van der Waals surface area contributed by atoms with Crippen molar-refractivity contribution in [2.24, 2.45) is 0 Å². The molecule has 1 rings (SSSR count). The minimum absolute atomic E-state index is 0.0949. The Labute approximate surface area is 113 Å². The lowest BCUT2D eigenvalue weighted by Gasteiger charge is -2.21. The predicted octanol–water partition coefficient (Wildman–Crippen LogP) is 2.90. The molecule has 0 aromatic heterocycles. The molecule has 0 bridgehead atoms. The van der Waals surface area contributed by atoms with E-state index in [0.29, 0.717) is 17.9 Å². The van der Waals surface area contributed by atoms with Crippen molar-refractivity contribution in [1.82, 2.24) is 9.80 Å². The average molecular weight is 268 g/mol. The Balaban J connectivity index is 2.93. The number of nitrogens with zero attached hydrogens (tertiary/aromatic N) is 2. The SMILES string of the molecule is CCN(C)C(=O)Oc1ccc(F)c([C@H](C)N(C)C)c1. The molecule has 0 saturated heterocycles. The molecule has 0 unspecified atom stereocenters. The summed E-state index contributed by atoms with van der Waals surface area (Å²) in [5.74, 6) is 0.0558. The van der Waals surface area contributed by atoms with Gasteiger partial charge in [0.15, 0.2) is 0 Å². The third-order valence-electron chi connectivity index (χ3n) is 3.18. The molecule has 0 spiro atoms. The van der Waals surface area contributed by atoms with Crippen LogP contribution in [0.2, 0.25) is 0 Å². The monoisotopic (exact) mass is 268 g/mol.